The summed E-state index contributed by atoms with van der Waals surface area (Å²) in [4.78, 5) is 13.1. The Hall–Kier alpha value is -4.22. The van der Waals surface area contributed by atoms with Crippen molar-refractivity contribution in [3.63, 3.8) is 0 Å². The summed E-state index contributed by atoms with van der Waals surface area (Å²) in [5.74, 6) is -0.361. The highest BCUT2D eigenvalue weighted by Gasteiger charge is 2.20. The van der Waals surface area contributed by atoms with Gasteiger partial charge in [-0.05, 0) is 53.9 Å². The first-order chi connectivity index (χ1) is 16.7. The Balaban J connectivity index is 1.45. The average molecular weight is 447 g/mol. The summed E-state index contributed by atoms with van der Waals surface area (Å²) in [6.07, 6.45) is 0.585. The van der Waals surface area contributed by atoms with E-state index in [0.717, 1.165) is 44.5 Å². The van der Waals surface area contributed by atoms with E-state index in [1.54, 1.807) is 0 Å². The van der Waals surface area contributed by atoms with Crippen molar-refractivity contribution in [3.05, 3.63) is 109 Å². The maximum atomic E-state index is 13.1. The molecule has 1 unspecified atom stereocenters. The smallest absolute Gasteiger partial charge is 0.231 e. The Kier molecular flexibility index (Phi) is 6.19. The molecule has 0 saturated heterocycles. The van der Waals surface area contributed by atoms with Gasteiger partial charge >= 0.3 is 0 Å². The van der Waals surface area contributed by atoms with Gasteiger partial charge in [0.25, 0.3) is 0 Å². The van der Waals surface area contributed by atoms with Crippen molar-refractivity contribution in [2.24, 2.45) is 5.73 Å². The lowest BCUT2D eigenvalue weighted by Crippen LogP contribution is -2.23. The molecule has 0 aliphatic heterocycles. The molecule has 1 aromatic heterocycles. The van der Waals surface area contributed by atoms with E-state index in [1.807, 2.05) is 72.8 Å². The first-order valence-corrected chi connectivity index (χ1v) is 11.4. The molecule has 1 amide bonds. The lowest BCUT2D eigenvalue weighted by molar-refractivity contribution is -0.117. The Bertz CT molecular complexity index is 1410. The number of carbonyl (C=O) groups is 1. The average Bonchev–Trinajstić information content (AvgIpc) is 3.31. The van der Waals surface area contributed by atoms with Crippen molar-refractivity contribution in [3.8, 4) is 22.4 Å². The summed E-state index contributed by atoms with van der Waals surface area (Å²) in [7, 11) is 0. The molecule has 0 spiro atoms. The highest BCUT2D eigenvalue weighted by atomic mass is 16.1. The Morgan fingerprint density at radius 1 is 0.824 bits per heavy atom. The van der Waals surface area contributed by atoms with Gasteiger partial charge in [0.2, 0.25) is 5.91 Å². The zero-order valence-electron chi connectivity index (χ0n) is 18.7. The quantitative estimate of drug-likeness (QED) is 0.288. The van der Waals surface area contributed by atoms with Crippen molar-refractivity contribution >= 4 is 22.5 Å². The van der Waals surface area contributed by atoms with E-state index >= 15 is 0 Å². The van der Waals surface area contributed by atoms with Gasteiger partial charge in [-0.25, -0.2) is 0 Å². The number of aromatic nitrogens is 2. The number of nitrogens with one attached hydrogen (secondary N) is 2. The van der Waals surface area contributed by atoms with Crippen molar-refractivity contribution < 1.29 is 4.79 Å². The van der Waals surface area contributed by atoms with Gasteiger partial charge in [0.15, 0.2) is 0 Å². The van der Waals surface area contributed by atoms with Crippen LogP contribution >= 0.6 is 0 Å². The van der Waals surface area contributed by atoms with Crippen LogP contribution < -0.4 is 11.1 Å². The number of nitrogens with zero attached hydrogens (tertiary/aromatic N) is 1. The zero-order chi connectivity index (χ0) is 23.3. The first kappa shape index (κ1) is 21.6. The second-order valence-corrected chi connectivity index (χ2v) is 8.31. The molecule has 0 bridgehead atoms. The maximum absolute atomic E-state index is 13.1. The second kappa shape index (κ2) is 9.73. The van der Waals surface area contributed by atoms with E-state index in [4.69, 9.17) is 5.73 Å². The minimum Gasteiger partial charge on any atom is -0.330 e. The predicted octanol–water partition coefficient (Wildman–Crippen LogP) is 5.97. The van der Waals surface area contributed by atoms with Gasteiger partial charge in [-0.1, -0.05) is 78.9 Å². The summed E-state index contributed by atoms with van der Waals surface area (Å²) in [5, 5.41) is 11.7. The molecule has 168 valence electrons. The van der Waals surface area contributed by atoms with E-state index in [0.29, 0.717) is 13.0 Å². The van der Waals surface area contributed by atoms with Gasteiger partial charge in [-0.2, -0.15) is 5.10 Å². The van der Waals surface area contributed by atoms with Gasteiger partial charge in [-0.3, -0.25) is 9.89 Å². The number of H-pyrrole nitrogens is 1. The number of amides is 1. The first-order valence-electron chi connectivity index (χ1n) is 11.4. The third kappa shape index (κ3) is 4.47. The van der Waals surface area contributed by atoms with E-state index in [9.17, 15) is 4.79 Å². The van der Waals surface area contributed by atoms with Crippen LogP contribution in [0.4, 0.5) is 5.69 Å². The van der Waals surface area contributed by atoms with Gasteiger partial charge < -0.3 is 11.1 Å². The van der Waals surface area contributed by atoms with Crippen LogP contribution in [0.2, 0.25) is 0 Å². The topological polar surface area (TPSA) is 83.8 Å². The molecular weight excluding hydrogens is 420 g/mol. The minimum absolute atomic E-state index is 0.0629. The van der Waals surface area contributed by atoms with Crippen LogP contribution in [0, 0.1) is 0 Å². The van der Waals surface area contributed by atoms with Crippen LogP contribution in [0.1, 0.15) is 17.9 Å². The molecule has 1 atom stereocenters. The number of hydrogen-bond donors (Lipinski definition) is 3. The molecule has 0 aliphatic carbocycles. The second-order valence-electron chi connectivity index (χ2n) is 8.31. The van der Waals surface area contributed by atoms with Crippen LogP contribution in [0.5, 0.6) is 0 Å². The predicted molar refractivity (Wildman–Crippen MR) is 138 cm³/mol. The number of nitrogens with two attached hydrogens (primary N) is 1. The Labute approximate surface area is 198 Å². The molecule has 0 saturated carbocycles. The number of rotatable bonds is 7. The van der Waals surface area contributed by atoms with E-state index in [2.05, 4.69) is 45.8 Å². The van der Waals surface area contributed by atoms with Crippen molar-refractivity contribution in [1.82, 2.24) is 10.2 Å². The molecule has 4 N–H and O–H groups in total. The van der Waals surface area contributed by atoms with Gasteiger partial charge in [0.05, 0.1) is 17.1 Å². The molecular formula is C29H26N4O. The largest absolute Gasteiger partial charge is 0.330 e. The monoisotopic (exact) mass is 446 g/mol. The van der Waals surface area contributed by atoms with Crippen molar-refractivity contribution in [2.45, 2.75) is 12.3 Å². The normalized spacial score (nSPS) is 11.9. The zero-order valence-corrected chi connectivity index (χ0v) is 18.7. The highest BCUT2D eigenvalue weighted by molar-refractivity contribution is 6.00. The molecule has 5 aromatic rings. The third-order valence-electron chi connectivity index (χ3n) is 6.05. The van der Waals surface area contributed by atoms with Crippen LogP contribution in [-0.2, 0) is 4.79 Å². The lowest BCUT2D eigenvalue weighted by atomic mass is 9.94. The number of aromatic amines is 1. The van der Waals surface area contributed by atoms with Crippen LogP contribution in [0.25, 0.3) is 33.3 Å². The number of hydrogen-bond acceptors (Lipinski definition) is 3. The van der Waals surface area contributed by atoms with Crippen LogP contribution in [0.3, 0.4) is 0 Å². The summed E-state index contributed by atoms with van der Waals surface area (Å²) in [6, 6.07) is 34.2. The fourth-order valence-corrected chi connectivity index (χ4v) is 4.32. The Morgan fingerprint density at radius 2 is 1.53 bits per heavy atom. The van der Waals surface area contributed by atoms with E-state index < -0.39 is 0 Å². The van der Waals surface area contributed by atoms with Crippen LogP contribution in [-0.4, -0.2) is 22.6 Å². The maximum Gasteiger partial charge on any atom is 0.231 e. The molecule has 5 heteroatoms. The number of carbonyl (C=O) groups excluding carboxylic acids is 1. The van der Waals surface area contributed by atoms with Gasteiger partial charge in [0, 0.05) is 16.6 Å². The van der Waals surface area contributed by atoms with Crippen LogP contribution in [0.15, 0.2) is 103 Å². The number of benzene rings is 4. The molecule has 1 heterocycles. The van der Waals surface area contributed by atoms with Gasteiger partial charge in [0.1, 0.15) is 0 Å². The van der Waals surface area contributed by atoms with E-state index in [-0.39, 0.29) is 11.8 Å². The summed E-state index contributed by atoms with van der Waals surface area (Å²) >= 11 is 0. The van der Waals surface area contributed by atoms with Crippen molar-refractivity contribution in [2.75, 3.05) is 11.9 Å². The summed E-state index contributed by atoms with van der Waals surface area (Å²) in [5.41, 5.74) is 12.6. The molecule has 0 aliphatic rings. The molecule has 4 aromatic carbocycles. The molecule has 0 radical (unpaired) electrons. The number of fused-ring (bicyclic) bond motifs is 1. The summed E-state index contributed by atoms with van der Waals surface area (Å²) in [6.45, 7) is 0.440. The standard InChI is InChI=1S/C29H26N4O/c30-17-16-25(21-10-5-2-6-11-21)29(34)31-24-14-15-27-26(19-24)28(33-32-27)23-13-7-12-22(18-23)20-8-3-1-4-9-20/h1-15,18-19,25H,16-17,30H2,(H,31,34)(H,32,33). The van der Waals surface area contributed by atoms with Gasteiger partial charge in [-0.15, -0.1) is 0 Å². The Morgan fingerprint density at radius 3 is 2.29 bits per heavy atom. The molecule has 0 fully saturated rings. The minimum atomic E-state index is -0.298. The molecule has 34 heavy (non-hydrogen) atoms. The fraction of sp³-hybridized carbons (Fsp3) is 0.103. The fourth-order valence-electron chi connectivity index (χ4n) is 4.32. The molecule has 5 rings (SSSR count). The lowest BCUT2D eigenvalue weighted by Gasteiger charge is -2.16. The third-order valence-corrected chi connectivity index (χ3v) is 6.05. The summed E-state index contributed by atoms with van der Waals surface area (Å²) < 4.78 is 0. The highest BCUT2D eigenvalue weighted by Crippen LogP contribution is 2.32. The molecule has 5 nitrogen and oxygen atoms in total. The SMILES string of the molecule is NCCC(C(=O)Nc1ccc2[nH]nc(-c3cccc(-c4ccccc4)c3)c2c1)c1ccccc1. The number of anilines is 1. The van der Waals surface area contributed by atoms with E-state index in [1.165, 1.54) is 0 Å². The van der Waals surface area contributed by atoms with Crippen molar-refractivity contribution in [1.29, 1.82) is 0 Å².